The molecule has 0 bridgehead atoms. The molecular formula is C120H71B3N9OPS. The smallest absolute Gasteiger partial charge is 0.254 e. The van der Waals surface area contributed by atoms with Gasteiger partial charge in [0.25, 0.3) is 13.4 Å². The summed E-state index contributed by atoms with van der Waals surface area (Å²) in [5.74, 6) is 0. The standard InChI is InChI=1S/C120H71B3N9OPS/c133-134-109-55-23-20-47-92(109)124-117-116-107(70-108(120(117)134)125(73-30-7-1-8-31-73)95-49-22-24-56-110(95)134)130(78-40-17-6-18-41-78)99-53-28-52-98-114(99)123(116)88-64-85-82-45-26-44-81-84-62-71(59-61-94(84)132(119(81)82)102(85)69-106(88)128(98)76-36-13-4-14-37-76)72-58-60-87-112(63-72)135-111-57-29-54-100-115(111)121(87)90-67-105-91(68-104(90)129(100)77-38-15-5-16-39-77)122-89-66-101-86(83-46-25-43-80-79-42-19-21-48-93(79)131(101)118(80)83)65-103(89)126(74-32-9-2-10-33-74)96-50-27-51-97(113(96)122)127(105)75-34-11-3-12-35-75/h1-70,124H. The Morgan fingerprint density at radius 1 is 0.230 bits per heavy atom. The zero-order valence-corrected chi connectivity index (χ0v) is 74.2. The van der Waals surface area contributed by atoms with Crippen molar-refractivity contribution < 1.29 is 4.57 Å². The highest BCUT2D eigenvalue weighted by molar-refractivity contribution is 8.00. The maximum absolute atomic E-state index is 17.7. The quantitative estimate of drug-likeness (QED) is 0.124. The van der Waals surface area contributed by atoms with Crippen LogP contribution in [0.25, 0.3) is 87.3 Å². The van der Waals surface area contributed by atoms with Gasteiger partial charge in [0.05, 0.1) is 49.8 Å². The van der Waals surface area contributed by atoms with Gasteiger partial charge in [-0.05, 0) is 249 Å². The predicted molar refractivity (Wildman–Crippen MR) is 570 cm³/mol. The number of para-hydroxylation sites is 11. The van der Waals surface area contributed by atoms with E-state index in [1.165, 1.54) is 164 Å². The lowest BCUT2D eigenvalue weighted by Gasteiger charge is -2.48. The van der Waals surface area contributed by atoms with Crippen molar-refractivity contribution in [2.75, 3.05) is 34.7 Å². The molecule has 0 saturated carbocycles. The fourth-order valence-corrected chi connectivity index (χ4v) is 30.1. The highest BCUT2D eigenvalue weighted by atomic mass is 32.2. The van der Waals surface area contributed by atoms with Gasteiger partial charge in [0.1, 0.15) is 0 Å². The van der Waals surface area contributed by atoms with Crippen molar-refractivity contribution in [3.8, 4) is 11.1 Å². The highest BCUT2D eigenvalue weighted by Gasteiger charge is 2.54. The summed E-state index contributed by atoms with van der Waals surface area (Å²) in [5.41, 5.74) is 42.2. The van der Waals surface area contributed by atoms with Crippen molar-refractivity contribution in [2.24, 2.45) is 0 Å². The number of hydrogen-bond donors (Lipinski definition) is 1. The second kappa shape index (κ2) is 26.6. The third kappa shape index (κ3) is 9.46. The van der Waals surface area contributed by atoms with Crippen LogP contribution in [0.15, 0.2) is 434 Å². The van der Waals surface area contributed by atoms with E-state index in [1.54, 1.807) is 0 Å². The number of rotatable bonds is 7. The Bertz CT molecular complexity index is 9450. The molecule has 0 saturated heterocycles. The Morgan fingerprint density at radius 3 is 1.21 bits per heavy atom. The topological polar surface area (TPSA) is 57.4 Å². The zero-order valence-electron chi connectivity index (χ0n) is 72.5. The first-order valence-corrected chi connectivity index (χ1v) is 49.2. The molecular weight excluding hydrogens is 1680 g/mol. The summed E-state index contributed by atoms with van der Waals surface area (Å²) in [7, 11) is -3.63. The van der Waals surface area contributed by atoms with Gasteiger partial charge in [-0.2, -0.15) is 0 Å². The van der Waals surface area contributed by atoms with Gasteiger partial charge in [-0.25, -0.2) is 0 Å². The Kier molecular flexibility index (Phi) is 14.4. The number of aromatic nitrogens is 2. The third-order valence-corrected chi connectivity index (χ3v) is 35.1. The molecule has 0 radical (unpaired) electrons. The van der Waals surface area contributed by atoms with Crippen LogP contribution in [0, 0.1) is 0 Å². The van der Waals surface area contributed by atoms with Crippen LogP contribution in [-0.2, 0) is 4.57 Å². The Labute approximate surface area is 782 Å². The molecule has 8 aliphatic rings. The number of fused-ring (bicyclic) bond motifs is 29. The average Bonchev–Trinajstić information content (AvgIpc) is 1.25. The van der Waals surface area contributed by atoms with Crippen LogP contribution in [0.4, 0.5) is 114 Å². The van der Waals surface area contributed by atoms with E-state index in [9.17, 15) is 0 Å². The summed E-state index contributed by atoms with van der Waals surface area (Å²) in [4.78, 5) is 17.6. The summed E-state index contributed by atoms with van der Waals surface area (Å²) < 4.78 is 22.8. The minimum Gasteiger partial charge on any atom is -0.355 e. The number of anilines is 20. The van der Waals surface area contributed by atoms with E-state index in [2.05, 4.69) is 462 Å². The molecule has 0 spiro atoms. The van der Waals surface area contributed by atoms with Gasteiger partial charge in [0.2, 0.25) is 6.71 Å². The minimum absolute atomic E-state index is 0.117. The lowest BCUT2D eigenvalue weighted by Crippen LogP contribution is -2.64. The van der Waals surface area contributed by atoms with Crippen molar-refractivity contribution in [1.82, 2.24) is 8.80 Å². The van der Waals surface area contributed by atoms with Crippen molar-refractivity contribution in [1.29, 1.82) is 0 Å². The average molecular weight is 1750 g/mol. The van der Waals surface area contributed by atoms with Gasteiger partial charge in [-0.3, -0.25) is 0 Å². The SMILES string of the molecule is O=P12c3ccccc3Nc3c4c(cc(c31)N(c1ccccc1)c1ccccc12)N(c1ccccc1)c1cccc2c1B4c1cc3c4cccc5c6cc(-c7ccc8c(c7)Sc7cccc9c7B8c7cc8c(cc7N9c7ccccc7)B7c9cc%10c(cc9N(c9ccccc9)c9cccc(c97)N8c7ccccc7)c7cccc8c9ccccc9n%10c87)ccc6n(c3cc1N2c1ccccc1)c54. The molecule has 4 aromatic heterocycles. The summed E-state index contributed by atoms with van der Waals surface area (Å²) >= 11 is 1.91. The second-order valence-corrected chi connectivity index (χ2v) is 40.9. The molecule has 32 rings (SSSR count). The van der Waals surface area contributed by atoms with Crippen LogP contribution < -0.4 is 99.8 Å². The Morgan fingerprint density at radius 2 is 0.622 bits per heavy atom. The number of nitrogens with zero attached hydrogens (tertiary/aromatic N) is 8. The zero-order chi connectivity index (χ0) is 87.6. The second-order valence-electron chi connectivity index (χ2n) is 37.2. The predicted octanol–water partition coefficient (Wildman–Crippen LogP) is 24.1. The van der Waals surface area contributed by atoms with E-state index in [0.29, 0.717) is 0 Å². The van der Waals surface area contributed by atoms with Crippen molar-refractivity contribution in [3.63, 3.8) is 0 Å². The maximum Gasteiger partial charge on any atom is 0.254 e. The van der Waals surface area contributed by atoms with Crippen LogP contribution in [-0.4, -0.2) is 28.9 Å². The lowest BCUT2D eigenvalue weighted by molar-refractivity contribution is 0.592. The summed E-state index contributed by atoms with van der Waals surface area (Å²) in [5, 5.41) is 16.5. The molecule has 622 valence electrons. The van der Waals surface area contributed by atoms with Crippen molar-refractivity contribution >= 4 is 294 Å². The van der Waals surface area contributed by atoms with Gasteiger partial charge < -0.3 is 48.1 Å². The van der Waals surface area contributed by atoms with Crippen molar-refractivity contribution in [3.05, 3.63) is 425 Å². The van der Waals surface area contributed by atoms with E-state index in [4.69, 9.17) is 0 Å². The Hall–Kier alpha value is -16.6. The van der Waals surface area contributed by atoms with E-state index in [0.717, 1.165) is 112 Å². The molecule has 0 aliphatic carbocycles. The highest BCUT2D eigenvalue weighted by Crippen LogP contribution is 2.62. The fraction of sp³-hybridized carbons (Fsp3) is 0. The maximum atomic E-state index is 17.7. The lowest BCUT2D eigenvalue weighted by atomic mass is 9.31. The third-order valence-electron chi connectivity index (χ3n) is 30.8. The van der Waals surface area contributed by atoms with E-state index < -0.39 is 7.14 Å². The minimum atomic E-state index is -3.63. The van der Waals surface area contributed by atoms with Crippen LogP contribution >= 0.6 is 18.9 Å². The monoisotopic (exact) mass is 1750 g/mol. The molecule has 1 unspecified atom stereocenters. The fourth-order valence-electron chi connectivity index (χ4n) is 25.6. The molecule has 10 nitrogen and oxygen atoms in total. The molecule has 0 amide bonds. The normalized spacial score (nSPS) is 15.2. The number of benzene rings is 20. The number of hydrogen-bond acceptors (Lipinski definition) is 9. The van der Waals surface area contributed by atoms with Crippen LogP contribution in [0.5, 0.6) is 0 Å². The summed E-state index contributed by atoms with van der Waals surface area (Å²) in [6.45, 7) is -0.625. The van der Waals surface area contributed by atoms with E-state index in [-0.39, 0.29) is 20.1 Å². The first kappa shape index (κ1) is 73.1. The first-order chi connectivity index (χ1) is 66.9. The van der Waals surface area contributed by atoms with E-state index >= 15 is 4.57 Å². The molecule has 0 fully saturated rings. The van der Waals surface area contributed by atoms with Gasteiger partial charge >= 0.3 is 0 Å². The van der Waals surface area contributed by atoms with Gasteiger partial charge in [-0.1, -0.05) is 248 Å². The Balaban J connectivity index is 0.578. The first-order valence-electron chi connectivity index (χ1n) is 46.7. The van der Waals surface area contributed by atoms with Crippen LogP contribution in [0.3, 0.4) is 0 Å². The molecule has 1 N–H and O–H groups in total. The molecule has 12 heterocycles. The van der Waals surface area contributed by atoms with Gasteiger partial charge in [0, 0.05) is 166 Å². The van der Waals surface area contributed by atoms with Gasteiger partial charge in [0.15, 0.2) is 7.14 Å². The molecule has 1 atom stereocenters. The molecule has 24 aromatic rings. The molecule has 20 aromatic carbocycles. The summed E-state index contributed by atoms with van der Waals surface area (Å²) in [6, 6.07) is 159. The molecule has 8 aliphatic heterocycles. The molecule has 15 heteroatoms. The van der Waals surface area contributed by atoms with Crippen LogP contribution in [0.1, 0.15) is 0 Å². The van der Waals surface area contributed by atoms with Gasteiger partial charge in [-0.15, -0.1) is 0 Å². The van der Waals surface area contributed by atoms with Crippen LogP contribution in [0.2, 0.25) is 0 Å². The molecule has 135 heavy (non-hydrogen) atoms. The largest absolute Gasteiger partial charge is 0.355 e. The van der Waals surface area contributed by atoms with Crippen molar-refractivity contribution in [2.45, 2.75) is 9.79 Å². The number of nitrogens with one attached hydrogen (secondary N) is 1. The summed E-state index contributed by atoms with van der Waals surface area (Å²) in [6.07, 6.45) is 0. The van der Waals surface area contributed by atoms with E-state index in [1.807, 2.05) is 17.8 Å².